The fourth-order valence-corrected chi connectivity index (χ4v) is 2.35. The largest absolute Gasteiger partial charge is 0.241 e. The van der Waals surface area contributed by atoms with Gasteiger partial charge in [-0.1, -0.05) is 13.3 Å². The standard InChI is InChI=1S/C12H18N2/c1-2-10-4-6-11(7-5-10)12-13-8-3-9-14-12/h3,8-11H,2,4-7H2,1H3. The molecule has 1 heterocycles. The lowest BCUT2D eigenvalue weighted by molar-refractivity contribution is 0.312. The van der Waals surface area contributed by atoms with E-state index in [1.807, 2.05) is 18.5 Å². The van der Waals surface area contributed by atoms with Gasteiger partial charge in [-0.15, -0.1) is 0 Å². The molecule has 0 N–H and O–H groups in total. The van der Waals surface area contributed by atoms with E-state index in [-0.39, 0.29) is 0 Å². The van der Waals surface area contributed by atoms with E-state index >= 15 is 0 Å². The van der Waals surface area contributed by atoms with Crippen molar-refractivity contribution in [2.24, 2.45) is 5.92 Å². The molecule has 1 saturated carbocycles. The molecule has 14 heavy (non-hydrogen) atoms. The maximum absolute atomic E-state index is 4.34. The Kier molecular flexibility index (Phi) is 3.12. The molecule has 0 amide bonds. The molecule has 0 unspecified atom stereocenters. The first-order valence-corrected chi connectivity index (χ1v) is 5.67. The lowest BCUT2D eigenvalue weighted by Crippen LogP contribution is -2.14. The van der Waals surface area contributed by atoms with Crippen LogP contribution in [0.1, 0.15) is 50.8 Å². The van der Waals surface area contributed by atoms with Crippen LogP contribution in [0.4, 0.5) is 0 Å². The Morgan fingerprint density at radius 2 is 1.79 bits per heavy atom. The van der Waals surface area contributed by atoms with Gasteiger partial charge < -0.3 is 0 Å². The van der Waals surface area contributed by atoms with E-state index in [2.05, 4.69) is 16.9 Å². The smallest absolute Gasteiger partial charge is 0.131 e. The summed E-state index contributed by atoms with van der Waals surface area (Å²) in [5, 5.41) is 0. The second-order valence-corrected chi connectivity index (χ2v) is 4.23. The van der Waals surface area contributed by atoms with Crippen molar-refractivity contribution in [2.75, 3.05) is 0 Å². The molecule has 1 aliphatic rings. The number of nitrogens with zero attached hydrogens (tertiary/aromatic N) is 2. The molecule has 0 saturated heterocycles. The number of rotatable bonds is 2. The lowest BCUT2D eigenvalue weighted by Gasteiger charge is -2.26. The molecule has 0 atom stereocenters. The second kappa shape index (κ2) is 4.54. The molecule has 1 aromatic heterocycles. The summed E-state index contributed by atoms with van der Waals surface area (Å²) >= 11 is 0. The third-order valence-electron chi connectivity index (χ3n) is 3.37. The van der Waals surface area contributed by atoms with Crippen LogP contribution in [0.3, 0.4) is 0 Å². The molecule has 2 nitrogen and oxygen atoms in total. The predicted octanol–water partition coefficient (Wildman–Crippen LogP) is 3.16. The zero-order chi connectivity index (χ0) is 9.80. The van der Waals surface area contributed by atoms with E-state index < -0.39 is 0 Å². The van der Waals surface area contributed by atoms with Crippen molar-refractivity contribution >= 4 is 0 Å². The molecule has 0 bridgehead atoms. The van der Waals surface area contributed by atoms with E-state index in [9.17, 15) is 0 Å². The highest BCUT2D eigenvalue weighted by Crippen LogP contribution is 2.35. The van der Waals surface area contributed by atoms with E-state index in [1.165, 1.54) is 32.1 Å². The van der Waals surface area contributed by atoms with Crippen LogP contribution in [0.5, 0.6) is 0 Å². The molecule has 0 aromatic carbocycles. The van der Waals surface area contributed by atoms with Gasteiger partial charge in [0.15, 0.2) is 0 Å². The topological polar surface area (TPSA) is 25.8 Å². The summed E-state index contributed by atoms with van der Waals surface area (Å²) in [7, 11) is 0. The van der Waals surface area contributed by atoms with Crippen molar-refractivity contribution < 1.29 is 0 Å². The van der Waals surface area contributed by atoms with E-state index in [0.29, 0.717) is 5.92 Å². The van der Waals surface area contributed by atoms with E-state index in [4.69, 9.17) is 0 Å². The second-order valence-electron chi connectivity index (χ2n) is 4.23. The van der Waals surface area contributed by atoms with Crippen LogP contribution in [-0.2, 0) is 0 Å². The van der Waals surface area contributed by atoms with Crippen molar-refractivity contribution in [3.63, 3.8) is 0 Å². The molecule has 0 radical (unpaired) electrons. The van der Waals surface area contributed by atoms with Crippen LogP contribution in [0.25, 0.3) is 0 Å². The van der Waals surface area contributed by atoms with Gasteiger partial charge in [-0.25, -0.2) is 9.97 Å². The van der Waals surface area contributed by atoms with Crippen molar-refractivity contribution in [1.29, 1.82) is 0 Å². The first-order valence-electron chi connectivity index (χ1n) is 5.67. The summed E-state index contributed by atoms with van der Waals surface area (Å²) in [6, 6.07) is 1.89. The van der Waals surface area contributed by atoms with Crippen LogP contribution < -0.4 is 0 Å². The third kappa shape index (κ3) is 2.11. The summed E-state index contributed by atoms with van der Waals surface area (Å²) < 4.78 is 0. The van der Waals surface area contributed by atoms with Gasteiger partial charge in [-0.05, 0) is 37.7 Å². The van der Waals surface area contributed by atoms with Crippen LogP contribution in [0.15, 0.2) is 18.5 Å². The van der Waals surface area contributed by atoms with Crippen molar-refractivity contribution in [1.82, 2.24) is 9.97 Å². The Balaban J connectivity index is 1.96. The fourth-order valence-electron chi connectivity index (χ4n) is 2.35. The summed E-state index contributed by atoms with van der Waals surface area (Å²) in [6.45, 7) is 2.30. The average molecular weight is 190 g/mol. The molecular weight excluding hydrogens is 172 g/mol. The maximum Gasteiger partial charge on any atom is 0.131 e. The zero-order valence-corrected chi connectivity index (χ0v) is 8.82. The molecule has 1 aromatic rings. The zero-order valence-electron chi connectivity index (χ0n) is 8.82. The van der Waals surface area contributed by atoms with Crippen LogP contribution in [0, 0.1) is 5.92 Å². The minimum absolute atomic E-state index is 0.624. The molecule has 1 fully saturated rings. The Labute approximate surface area is 85.8 Å². The summed E-state index contributed by atoms with van der Waals surface area (Å²) in [6.07, 6.45) is 10.3. The molecule has 76 valence electrons. The minimum Gasteiger partial charge on any atom is -0.241 e. The van der Waals surface area contributed by atoms with Crippen LogP contribution in [0.2, 0.25) is 0 Å². The van der Waals surface area contributed by atoms with Crippen molar-refractivity contribution in [3.05, 3.63) is 24.3 Å². The van der Waals surface area contributed by atoms with Crippen molar-refractivity contribution in [3.8, 4) is 0 Å². The highest BCUT2D eigenvalue weighted by molar-refractivity contribution is 4.98. The number of aromatic nitrogens is 2. The van der Waals surface area contributed by atoms with Gasteiger partial charge in [0.05, 0.1) is 0 Å². The number of hydrogen-bond acceptors (Lipinski definition) is 2. The van der Waals surface area contributed by atoms with E-state index in [0.717, 1.165) is 11.7 Å². The SMILES string of the molecule is CCC1CCC(c2ncccn2)CC1. The fraction of sp³-hybridized carbons (Fsp3) is 0.667. The molecule has 2 heteroatoms. The van der Waals surface area contributed by atoms with Gasteiger partial charge in [-0.3, -0.25) is 0 Å². The molecule has 0 spiro atoms. The van der Waals surface area contributed by atoms with Crippen LogP contribution >= 0.6 is 0 Å². The first kappa shape index (κ1) is 9.63. The van der Waals surface area contributed by atoms with Gasteiger partial charge in [0, 0.05) is 18.3 Å². The monoisotopic (exact) mass is 190 g/mol. The number of hydrogen-bond donors (Lipinski definition) is 0. The summed E-state index contributed by atoms with van der Waals surface area (Å²) in [5.74, 6) is 2.64. The normalized spacial score (nSPS) is 27.5. The predicted molar refractivity (Wildman–Crippen MR) is 57.0 cm³/mol. The maximum atomic E-state index is 4.34. The Morgan fingerprint density at radius 1 is 1.14 bits per heavy atom. The Bertz CT molecular complexity index is 263. The highest BCUT2D eigenvalue weighted by atomic mass is 14.9. The molecular formula is C12H18N2. The minimum atomic E-state index is 0.624. The van der Waals surface area contributed by atoms with Gasteiger partial charge in [-0.2, -0.15) is 0 Å². The Hall–Kier alpha value is -0.920. The third-order valence-corrected chi connectivity index (χ3v) is 3.37. The van der Waals surface area contributed by atoms with Gasteiger partial charge in [0.1, 0.15) is 5.82 Å². The Morgan fingerprint density at radius 3 is 2.36 bits per heavy atom. The van der Waals surface area contributed by atoms with Gasteiger partial charge in [0.25, 0.3) is 0 Å². The van der Waals surface area contributed by atoms with Gasteiger partial charge >= 0.3 is 0 Å². The highest BCUT2D eigenvalue weighted by Gasteiger charge is 2.22. The first-order chi connectivity index (χ1) is 6.90. The van der Waals surface area contributed by atoms with Crippen molar-refractivity contribution in [2.45, 2.75) is 44.9 Å². The average Bonchev–Trinajstić information content (AvgIpc) is 2.30. The molecule has 2 rings (SSSR count). The van der Waals surface area contributed by atoms with Crippen LogP contribution in [-0.4, -0.2) is 9.97 Å². The summed E-state index contributed by atoms with van der Waals surface area (Å²) in [5.41, 5.74) is 0. The van der Waals surface area contributed by atoms with E-state index in [1.54, 1.807) is 0 Å². The quantitative estimate of drug-likeness (QED) is 0.716. The van der Waals surface area contributed by atoms with Gasteiger partial charge in [0.2, 0.25) is 0 Å². The molecule has 1 aliphatic carbocycles. The molecule has 0 aliphatic heterocycles. The summed E-state index contributed by atoms with van der Waals surface area (Å²) in [4.78, 5) is 8.68. The lowest BCUT2D eigenvalue weighted by atomic mass is 9.80.